The highest BCUT2D eigenvalue weighted by Gasteiger charge is 2.34. The Balaban J connectivity index is 2.58. The normalized spacial score (nSPS) is 14.9. The van der Waals surface area contributed by atoms with Crippen LogP contribution in [0.3, 0.4) is 0 Å². The molecule has 72 valence electrons. The molecule has 0 aromatic heterocycles. The zero-order chi connectivity index (χ0) is 10.3. The third-order valence-corrected chi connectivity index (χ3v) is 2.27. The number of imide groups is 1. The highest BCUT2D eigenvalue weighted by Crippen LogP contribution is 2.22. The van der Waals surface area contributed by atoms with E-state index in [0.717, 1.165) is 10.5 Å². The van der Waals surface area contributed by atoms with Gasteiger partial charge in [0.15, 0.2) is 0 Å². The number of aliphatic hydroxyl groups excluding tert-OH is 1. The summed E-state index contributed by atoms with van der Waals surface area (Å²) in [6.07, 6.45) is 0. The van der Waals surface area contributed by atoms with Crippen LogP contribution in [0.25, 0.3) is 0 Å². The highest BCUT2D eigenvalue weighted by molar-refractivity contribution is 6.21. The van der Waals surface area contributed by atoms with E-state index in [-0.39, 0.29) is 0 Å². The van der Waals surface area contributed by atoms with E-state index in [1.807, 2.05) is 6.92 Å². The number of nitrogens with zero attached hydrogens (tertiary/aromatic N) is 1. The molecule has 0 saturated carbocycles. The van der Waals surface area contributed by atoms with E-state index in [1.165, 1.54) is 0 Å². The van der Waals surface area contributed by atoms with Gasteiger partial charge in [0.25, 0.3) is 11.8 Å². The van der Waals surface area contributed by atoms with E-state index in [9.17, 15) is 9.59 Å². The first-order valence-electron chi connectivity index (χ1n) is 4.23. The minimum atomic E-state index is -0.564. The molecule has 4 nitrogen and oxygen atoms in total. The lowest BCUT2D eigenvalue weighted by molar-refractivity contribution is 0.0490. The SMILES string of the molecule is Cc1ccc2c(c1)C(=O)N(CO)C2=O. The maximum atomic E-state index is 11.5. The fourth-order valence-electron chi connectivity index (χ4n) is 1.53. The molecule has 1 aliphatic rings. The number of rotatable bonds is 1. The number of benzene rings is 1. The maximum Gasteiger partial charge on any atom is 0.263 e. The molecule has 1 heterocycles. The van der Waals surface area contributed by atoms with E-state index < -0.39 is 18.5 Å². The van der Waals surface area contributed by atoms with Crippen LogP contribution in [0, 0.1) is 6.92 Å². The van der Waals surface area contributed by atoms with Crippen LogP contribution in [0.4, 0.5) is 0 Å². The number of hydrogen-bond donors (Lipinski definition) is 1. The lowest BCUT2D eigenvalue weighted by Gasteiger charge is -2.07. The Labute approximate surface area is 80.8 Å². The maximum absolute atomic E-state index is 11.5. The third kappa shape index (κ3) is 1.04. The van der Waals surface area contributed by atoms with Crippen molar-refractivity contribution in [2.24, 2.45) is 0 Å². The summed E-state index contributed by atoms with van der Waals surface area (Å²) in [4.78, 5) is 23.9. The van der Waals surface area contributed by atoms with E-state index in [0.29, 0.717) is 11.1 Å². The zero-order valence-electron chi connectivity index (χ0n) is 7.65. The summed E-state index contributed by atoms with van der Waals surface area (Å²) in [5.41, 5.74) is 1.67. The van der Waals surface area contributed by atoms with Crippen molar-refractivity contribution in [3.05, 3.63) is 34.9 Å². The molecule has 2 amide bonds. The van der Waals surface area contributed by atoms with Crippen molar-refractivity contribution in [3.63, 3.8) is 0 Å². The molecule has 0 spiro atoms. The average molecular weight is 191 g/mol. The van der Waals surface area contributed by atoms with Crippen LogP contribution in [0.15, 0.2) is 18.2 Å². The number of carbonyl (C=O) groups is 2. The highest BCUT2D eigenvalue weighted by atomic mass is 16.3. The fourth-order valence-corrected chi connectivity index (χ4v) is 1.53. The summed E-state index contributed by atoms with van der Waals surface area (Å²) < 4.78 is 0. The molecule has 1 aromatic carbocycles. The summed E-state index contributed by atoms with van der Waals surface area (Å²) in [7, 11) is 0. The Morgan fingerprint density at radius 3 is 2.50 bits per heavy atom. The van der Waals surface area contributed by atoms with Crippen molar-refractivity contribution in [3.8, 4) is 0 Å². The zero-order valence-corrected chi connectivity index (χ0v) is 7.65. The Morgan fingerprint density at radius 1 is 1.21 bits per heavy atom. The van der Waals surface area contributed by atoms with Crippen molar-refractivity contribution >= 4 is 11.8 Å². The predicted octanol–water partition coefficient (Wildman–Crippen LogP) is 0.541. The Hall–Kier alpha value is -1.68. The van der Waals surface area contributed by atoms with Gasteiger partial charge < -0.3 is 5.11 Å². The van der Waals surface area contributed by atoms with Crippen LogP contribution in [0.1, 0.15) is 26.3 Å². The van der Waals surface area contributed by atoms with E-state index in [4.69, 9.17) is 5.11 Å². The lowest BCUT2D eigenvalue weighted by atomic mass is 10.1. The fraction of sp³-hybridized carbons (Fsp3) is 0.200. The Morgan fingerprint density at radius 2 is 1.86 bits per heavy atom. The third-order valence-electron chi connectivity index (χ3n) is 2.27. The van der Waals surface area contributed by atoms with Crippen LogP contribution < -0.4 is 0 Å². The first-order valence-corrected chi connectivity index (χ1v) is 4.23. The number of aryl methyl sites for hydroxylation is 1. The lowest BCUT2D eigenvalue weighted by Crippen LogP contribution is -2.30. The molecular weight excluding hydrogens is 182 g/mol. The quantitative estimate of drug-likeness (QED) is 0.659. The van der Waals surface area contributed by atoms with Crippen LogP contribution in [-0.2, 0) is 0 Å². The van der Waals surface area contributed by atoms with E-state index in [2.05, 4.69) is 0 Å². The van der Waals surface area contributed by atoms with Crippen LogP contribution in [0.2, 0.25) is 0 Å². The molecule has 0 aliphatic carbocycles. The minimum absolute atomic E-state index is 0.370. The van der Waals surface area contributed by atoms with Gasteiger partial charge in [-0.25, -0.2) is 0 Å². The summed E-state index contributed by atoms with van der Waals surface area (Å²) in [5, 5.41) is 8.83. The van der Waals surface area contributed by atoms with Gasteiger partial charge in [0.2, 0.25) is 0 Å². The van der Waals surface area contributed by atoms with Gasteiger partial charge in [-0.15, -0.1) is 0 Å². The Bertz CT molecular complexity index is 425. The van der Waals surface area contributed by atoms with Crippen molar-refractivity contribution in [2.75, 3.05) is 6.73 Å². The van der Waals surface area contributed by atoms with Crippen LogP contribution in [0.5, 0.6) is 0 Å². The molecule has 1 aromatic rings. The van der Waals surface area contributed by atoms with Gasteiger partial charge >= 0.3 is 0 Å². The molecular formula is C10H9NO3. The molecule has 2 rings (SSSR count). The first kappa shape index (κ1) is 8.90. The van der Waals surface area contributed by atoms with Gasteiger partial charge in [0.1, 0.15) is 6.73 Å². The summed E-state index contributed by atoms with van der Waals surface area (Å²) in [6.45, 7) is 1.28. The van der Waals surface area contributed by atoms with E-state index >= 15 is 0 Å². The number of hydrogen-bond acceptors (Lipinski definition) is 3. The molecule has 0 saturated heterocycles. The first-order chi connectivity index (χ1) is 6.65. The number of aliphatic hydroxyl groups is 1. The number of fused-ring (bicyclic) bond motifs is 1. The number of carbonyl (C=O) groups excluding carboxylic acids is 2. The van der Waals surface area contributed by atoms with Gasteiger partial charge in [-0.2, -0.15) is 0 Å². The van der Waals surface area contributed by atoms with Crippen LogP contribution >= 0.6 is 0 Å². The molecule has 0 unspecified atom stereocenters. The molecule has 0 fully saturated rings. The van der Waals surface area contributed by atoms with Gasteiger partial charge in [0.05, 0.1) is 11.1 Å². The minimum Gasteiger partial charge on any atom is -0.376 e. The Kier molecular flexibility index (Phi) is 1.86. The predicted molar refractivity (Wildman–Crippen MR) is 48.8 cm³/mol. The molecule has 0 radical (unpaired) electrons. The molecule has 1 aliphatic heterocycles. The van der Waals surface area contributed by atoms with Gasteiger partial charge in [0, 0.05) is 0 Å². The van der Waals surface area contributed by atoms with Gasteiger partial charge in [-0.05, 0) is 19.1 Å². The molecule has 4 heteroatoms. The molecule has 0 atom stereocenters. The smallest absolute Gasteiger partial charge is 0.263 e. The second-order valence-corrected chi connectivity index (χ2v) is 3.23. The van der Waals surface area contributed by atoms with Gasteiger partial charge in [-0.1, -0.05) is 11.6 Å². The second kappa shape index (κ2) is 2.92. The summed E-state index contributed by atoms with van der Waals surface area (Å²) >= 11 is 0. The number of amides is 2. The monoisotopic (exact) mass is 191 g/mol. The van der Waals surface area contributed by atoms with Crippen molar-refractivity contribution in [1.29, 1.82) is 0 Å². The summed E-state index contributed by atoms with van der Waals surface area (Å²) in [6, 6.07) is 5.04. The van der Waals surface area contributed by atoms with Crippen LogP contribution in [-0.4, -0.2) is 28.6 Å². The molecule has 14 heavy (non-hydrogen) atoms. The average Bonchev–Trinajstić information content (AvgIpc) is 2.39. The standard InChI is InChI=1S/C10H9NO3/c1-6-2-3-7-8(4-6)10(14)11(5-12)9(7)13/h2-4,12H,5H2,1H3. The van der Waals surface area contributed by atoms with E-state index in [1.54, 1.807) is 18.2 Å². The largest absolute Gasteiger partial charge is 0.376 e. The molecule has 0 bridgehead atoms. The van der Waals surface area contributed by atoms with Crippen molar-refractivity contribution in [2.45, 2.75) is 6.92 Å². The van der Waals surface area contributed by atoms with Gasteiger partial charge in [-0.3, -0.25) is 14.5 Å². The molecule has 1 N–H and O–H groups in total. The summed E-state index contributed by atoms with van der Waals surface area (Å²) in [5.74, 6) is -0.844. The van der Waals surface area contributed by atoms with Crippen molar-refractivity contribution in [1.82, 2.24) is 4.90 Å². The topological polar surface area (TPSA) is 57.6 Å². The van der Waals surface area contributed by atoms with Crippen molar-refractivity contribution < 1.29 is 14.7 Å². The second-order valence-electron chi connectivity index (χ2n) is 3.23.